The average molecular weight is 170 g/mol. The molecule has 1 amide bonds. The topological polar surface area (TPSA) is 52.6 Å². The molecule has 0 radical (unpaired) electrons. The first kappa shape index (κ1) is 9.22. The molecule has 0 aromatic carbocycles. The molecular formula is C8H14N2O2. The van der Waals surface area contributed by atoms with Crippen molar-refractivity contribution in [2.75, 3.05) is 26.2 Å². The zero-order valence-electron chi connectivity index (χ0n) is 6.99. The number of rotatable bonds is 3. The Morgan fingerprint density at radius 3 is 3.17 bits per heavy atom. The van der Waals surface area contributed by atoms with Gasteiger partial charge in [-0.2, -0.15) is 0 Å². The van der Waals surface area contributed by atoms with Gasteiger partial charge in [0.05, 0.1) is 19.2 Å². The summed E-state index contributed by atoms with van der Waals surface area (Å²) in [6.07, 6.45) is 1.76. The van der Waals surface area contributed by atoms with Crippen molar-refractivity contribution in [1.29, 1.82) is 0 Å². The molecule has 0 spiro atoms. The third kappa shape index (κ3) is 2.32. The van der Waals surface area contributed by atoms with E-state index in [2.05, 4.69) is 11.9 Å². The van der Waals surface area contributed by atoms with Crippen LogP contribution in [0.1, 0.15) is 0 Å². The molecule has 0 aliphatic carbocycles. The number of nitrogens with one attached hydrogen (secondary N) is 1. The van der Waals surface area contributed by atoms with Crippen molar-refractivity contribution < 1.29 is 9.90 Å². The monoisotopic (exact) mass is 170 g/mol. The molecule has 2 N–H and O–H groups in total. The third-order valence-electron chi connectivity index (χ3n) is 1.82. The molecule has 1 rings (SSSR count). The lowest BCUT2D eigenvalue weighted by Crippen LogP contribution is -2.55. The van der Waals surface area contributed by atoms with E-state index in [-0.39, 0.29) is 18.6 Å². The maximum absolute atomic E-state index is 11.0. The van der Waals surface area contributed by atoms with Gasteiger partial charge in [-0.15, -0.1) is 6.58 Å². The number of amides is 1. The normalized spacial score (nSPS) is 25.1. The van der Waals surface area contributed by atoms with E-state index in [1.165, 1.54) is 0 Å². The van der Waals surface area contributed by atoms with Crippen molar-refractivity contribution in [1.82, 2.24) is 10.2 Å². The van der Waals surface area contributed by atoms with E-state index >= 15 is 0 Å². The molecule has 12 heavy (non-hydrogen) atoms. The summed E-state index contributed by atoms with van der Waals surface area (Å²) >= 11 is 0. The highest BCUT2D eigenvalue weighted by Gasteiger charge is 2.22. The van der Waals surface area contributed by atoms with Gasteiger partial charge in [-0.1, -0.05) is 6.08 Å². The van der Waals surface area contributed by atoms with E-state index in [1.54, 1.807) is 6.08 Å². The fourth-order valence-electron chi connectivity index (χ4n) is 1.32. The van der Waals surface area contributed by atoms with Crippen LogP contribution in [-0.2, 0) is 4.79 Å². The lowest BCUT2D eigenvalue weighted by molar-refractivity contribution is -0.125. The Bertz CT molecular complexity index is 182. The van der Waals surface area contributed by atoms with Crippen LogP contribution in [0.5, 0.6) is 0 Å². The molecule has 0 aromatic heterocycles. The SMILES string of the molecule is C=CCN1CC(=O)NC(CO)C1. The van der Waals surface area contributed by atoms with Crippen LogP contribution in [0.15, 0.2) is 12.7 Å². The molecule has 0 saturated carbocycles. The van der Waals surface area contributed by atoms with Gasteiger partial charge in [0.1, 0.15) is 0 Å². The van der Waals surface area contributed by atoms with Gasteiger partial charge in [-0.3, -0.25) is 9.69 Å². The van der Waals surface area contributed by atoms with E-state index in [1.807, 2.05) is 4.90 Å². The minimum absolute atomic E-state index is 0.000612. The van der Waals surface area contributed by atoms with Crippen LogP contribution in [0.4, 0.5) is 0 Å². The average Bonchev–Trinajstić information content (AvgIpc) is 2.04. The number of piperazine rings is 1. The second-order valence-electron chi connectivity index (χ2n) is 2.93. The van der Waals surface area contributed by atoms with Gasteiger partial charge in [-0.05, 0) is 0 Å². The number of hydrogen-bond acceptors (Lipinski definition) is 3. The Morgan fingerprint density at radius 1 is 1.83 bits per heavy atom. The molecule has 1 aliphatic heterocycles. The van der Waals surface area contributed by atoms with Gasteiger partial charge < -0.3 is 10.4 Å². The van der Waals surface area contributed by atoms with Crippen molar-refractivity contribution in [2.24, 2.45) is 0 Å². The summed E-state index contributed by atoms with van der Waals surface area (Å²) < 4.78 is 0. The summed E-state index contributed by atoms with van der Waals surface area (Å²) in [6.45, 7) is 5.40. The van der Waals surface area contributed by atoms with Gasteiger partial charge in [0, 0.05) is 13.1 Å². The fourth-order valence-corrected chi connectivity index (χ4v) is 1.32. The minimum atomic E-state index is -0.119. The van der Waals surface area contributed by atoms with E-state index in [0.717, 1.165) is 0 Å². The lowest BCUT2D eigenvalue weighted by atomic mass is 10.2. The molecule has 4 heteroatoms. The molecule has 1 unspecified atom stereocenters. The Morgan fingerprint density at radius 2 is 2.58 bits per heavy atom. The maximum Gasteiger partial charge on any atom is 0.234 e. The first-order chi connectivity index (χ1) is 5.76. The Balaban J connectivity index is 2.44. The van der Waals surface area contributed by atoms with Crippen molar-refractivity contribution in [3.8, 4) is 0 Å². The molecule has 1 saturated heterocycles. The highest BCUT2D eigenvalue weighted by atomic mass is 16.3. The minimum Gasteiger partial charge on any atom is -0.394 e. The van der Waals surface area contributed by atoms with Crippen LogP contribution in [0.3, 0.4) is 0 Å². The Hall–Kier alpha value is -0.870. The fraction of sp³-hybridized carbons (Fsp3) is 0.625. The van der Waals surface area contributed by atoms with Gasteiger partial charge >= 0.3 is 0 Å². The standard InChI is InChI=1S/C8H14N2O2/c1-2-3-10-4-7(6-11)9-8(12)5-10/h2,7,11H,1,3-6H2,(H,9,12). The number of carbonyl (C=O) groups is 1. The maximum atomic E-state index is 11.0. The van der Waals surface area contributed by atoms with E-state index in [4.69, 9.17) is 5.11 Å². The van der Waals surface area contributed by atoms with E-state index < -0.39 is 0 Å². The Kier molecular flexibility index (Phi) is 3.25. The predicted octanol–water partition coefficient (Wildman–Crippen LogP) is -1.03. The van der Waals surface area contributed by atoms with Crippen LogP contribution in [0, 0.1) is 0 Å². The summed E-state index contributed by atoms with van der Waals surface area (Å²) in [4.78, 5) is 13.0. The van der Waals surface area contributed by atoms with Crippen LogP contribution in [0.2, 0.25) is 0 Å². The highest BCUT2D eigenvalue weighted by Crippen LogP contribution is 1.98. The summed E-state index contributed by atoms with van der Waals surface area (Å²) in [5.74, 6) is -0.0258. The quantitative estimate of drug-likeness (QED) is 0.532. The summed E-state index contributed by atoms with van der Waals surface area (Å²) in [7, 11) is 0. The smallest absolute Gasteiger partial charge is 0.234 e. The van der Waals surface area contributed by atoms with Crippen LogP contribution >= 0.6 is 0 Å². The van der Waals surface area contributed by atoms with Gasteiger partial charge in [-0.25, -0.2) is 0 Å². The lowest BCUT2D eigenvalue weighted by Gasteiger charge is -2.31. The number of aliphatic hydroxyl groups is 1. The van der Waals surface area contributed by atoms with Crippen LogP contribution < -0.4 is 5.32 Å². The van der Waals surface area contributed by atoms with E-state index in [9.17, 15) is 4.79 Å². The van der Waals surface area contributed by atoms with Crippen molar-refractivity contribution >= 4 is 5.91 Å². The molecule has 1 fully saturated rings. The van der Waals surface area contributed by atoms with Gasteiger partial charge in [0.15, 0.2) is 0 Å². The largest absolute Gasteiger partial charge is 0.394 e. The van der Waals surface area contributed by atoms with Crippen LogP contribution in [-0.4, -0.2) is 48.2 Å². The van der Waals surface area contributed by atoms with Gasteiger partial charge in [0.2, 0.25) is 5.91 Å². The van der Waals surface area contributed by atoms with Crippen molar-refractivity contribution in [3.63, 3.8) is 0 Å². The van der Waals surface area contributed by atoms with E-state index in [0.29, 0.717) is 19.6 Å². The summed E-state index contributed by atoms with van der Waals surface area (Å²) in [5, 5.41) is 11.5. The zero-order valence-corrected chi connectivity index (χ0v) is 6.99. The van der Waals surface area contributed by atoms with Crippen LogP contribution in [0.25, 0.3) is 0 Å². The molecule has 0 bridgehead atoms. The first-order valence-corrected chi connectivity index (χ1v) is 3.99. The molecule has 1 aliphatic rings. The zero-order chi connectivity index (χ0) is 8.97. The van der Waals surface area contributed by atoms with Crippen molar-refractivity contribution in [3.05, 3.63) is 12.7 Å². The molecule has 1 heterocycles. The highest BCUT2D eigenvalue weighted by molar-refractivity contribution is 5.79. The molecule has 68 valence electrons. The number of nitrogens with zero attached hydrogens (tertiary/aromatic N) is 1. The van der Waals surface area contributed by atoms with Crippen molar-refractivity contribution in [2.45, 2.75) is 6.04 Å². The predicted molar refractivity (Wildman–Crippen MR) is 45.7 cm³/mol. The second kappa shape index (κ2) is 4.23. The summed E-state index contributed by atoms with van der Waals surface area (Å²) in [6, 6.07) is -0.119. The number of aliphatic hydroxyl groups excluding tert-OH is 1. The summed E-state index contributed by atoms with van der Waals surface area (Å²) in [5.41, 5.74) is 0. The molecule has 1 atom stereocenters. The first-order valence-electron chi connectivity index (χ1n) is 3.99. The van der Waals surface area contributed by atoms with Gasteiger partial charge in [0.25, 0.3) is 0 Å². The Labute approximate surface area is 71.9 Å². The molecule has 4 nitrogen and oxygen atoms in total. The number of carbonyl (C=O) groups excluding carboxylic acids is 1. The number of hydrogen-bond donors (Lipinski definition) is 2. The molecule has 0 aromatic rings. The second-order valence-corrected chi connectivity index (χ2v) is 2.93. The third-order valence-corrected chi connectivity index (χ3v) is 1.82. The molecular weight excluding hydrogens is 156 g/mol.